The highest BCUT2D eigenvalue weighted by molar-refractivity contribution is 5.96. The molecule has 1 amide bonds. The number of nitrogens with zero attached hydrogens (tertiary/aromatic N) is 1. The molecule has 0 heterocycles. The standard InChI is InChI=1S/C13H16FNO4/c1-8(13(18)19-3)7-15(2)12(17)10-6-9(14)4-5-11(10)16/h4-6,8,16H,7H2,1-3H3. The smallest absolute Gasteiger partial charge is 0.310 e. The first-order valence-electron chi connectivity index (χ1n) is 5.68. The Labute approximate surface area is 110 Å². The van der Waals surface area contributed by atoms with Crippen molar-refractivity contribution in [3.8, 4) is 5.75 Å². The van der Waals surface area contributed by atoms with Crippen molar-refractivity contribution in [2.75, 3.05) is 20.7 Å². The van der Waals surface area contributed by atoms with Gasteiger partial charge >= 0.3 is 5.97 Å². The highest BCUT2D eigenvalue weighted by Crippen LogP contribution is 2.19. The molecule has 0 bridgehead atoms. The first kappa shape index (κ1) is 14.9. The molecule has 1 aromatic rings. The largest absolute Gasteiger partial charge is 0.507 e. The first-order chi connectivity index (χ1) is 8.86. The molecule has 1 unspecified atom stereocenters. The van der Waals surface area contributed by atoms with Gasteiger partial charge in [0.15, 0.2) is 0 Å². The minimum absolute atomic E-state index is 0.113. The molecule has 1 N–H and O–H groups in total. The normalized spacial score (nSPS) is 11.8. The molecule has 0 aliphatic rings. The van der Waals surface area contributed by atoms with Crippen LogP contribution in [0.4, 0.5) is 4.39 Å². The van der Waals surface area contributed by atoms with Crippen molar-refractivity contribution in [2.45, 2.75) is 6.92 Å². The van der Waals surface area contributed by atoms with Crippen molar-refractivity contribution in [1.29, 1.82) is 0 Å². The van der Waals surface area contributed by atoms with E-state index in [4.69, 9.17) is 0 Å². The van der Waals surface area contributed by atoms with Gasteiger partial charge in [0.2, 0.25) is 0 Å². The molecule has 0 radical (unpaired) electrons. The topological polar surface area (TPSA) is 66.8 Å². The van der Waals surface area contributed by atoms with Crippen LogP contribution in [0.5, 0.6) is 5.75 Å². The van der Waals surface area contributed by atoms with Gasteiger partial charge < -0.3 is 14.7 Å². The van der Waals surface area contributed by atoms with Crippen LogP contribution in [-0.2, 0) is 9.53 Å². The third-order valence-electron chi connectivity index (χ3n) is 2.69. The van der Waals surface area contributed by atoms with E-state index in [0.717, 1.165) is 18.2 Å². The number of hydrogen-bond acceptors (Lipinski definition) is 4. The van der Waals surface area contributed by atoms with Crippen molar-refractivity contribution in [2.24, 2.45) is 5.92 Å². The summed E-state index contributed by atoms with van der Waals surface area (Å²) in [5.41, 5.74) is -0.139. The van der Waals surface area contributed by atoms with Gasteiger partial charge in [0.05, 0.1) is 18.6 Å². The summed E-state index contributed by atoms with van der Waals surface area (Å²) in [5.74, 6) is -2.43. The molecule has 0 aliphatic carbocycles. The Balaban J connectivity index is 2.82. The van der Waals surface area contributed by atoms with Crippen LogP contribution in [0.2, 0.25) is 0 Å². The van der Waals surface area contributed by atoms with Gasteiger partial charge in [-0.15, -0.1) is 0 Å². The van der Waals surface area contributed by atoms with E-state index in [0.29, 0.717) is 0 Å². The molecule has 5 nitrogen and oxygen atoms in total. The number of esters is 1. The van der Waals surface area contributed by atoms with E-state index in [1.165, 1.54) is 19.1 Å². The number of carbonyl (C=O) groups excluding carboxylic acids is 2. The van der Waals surface area contributed by atoms with E-state index >= 15 is 0 Å². The summed E-state index contributed by atoms with van der Waals surface area (Å²) in [6.45, 7) is 1.72. The van der Waals surface area contributed by atoms with Crippen LogP contribution < -0.4 is 0 Å². The van der Waals surface area contributed by atoms with Crippen molar-refractivity contribution in [3.05, 3.63) is 29.6 Å². The number of methoxy groups -OCH3 is 1. The molecular weight excluding hydrogens is 253 g/mol. The summed E-state index contributed by atoms with van der Waals surface area (Å²) in [6.07, 6.45) is 0. The summed E-state index contributed by atoms with van der Waals surface area (Å²) in [6, 6.07) is 3.13. The monoisotopic (exact) mass is 269 g/mol. The van der Waals surface area contributed by atoms with Crippen LogP contribution in [0.25, 0.3) is 0 Å². The van der Waals surface area contributed by atoms with Crippen molar-refractivity contribution < 1.29 is 23.8 Å². The zero-order valence-electron chi connectivity index (χ0n) is 11.0. The van der Waals surface area contributed by atoms with Gasteiger partial charge in [0.25, 0.3) is 5.91 Å². The van der Waals surface area contributed by atoms with Gasteiger partial charge in [-0.2, -0.15) is 0 Å². The van der Waals surface area contributed by atoms with E-state index in [9.17, 15) is 19.1 Å². The fraction of sp³-hybridized carbons (Fsp3) is 0.385. The number of halogens is 1. The Morgan fingerprint density at radius 2 is 2.11 bits per heavy atom. The second kappa shape index (κ2) is 6.17. The molecule has 1 atom stereocenters. The Morgan fingerprint density at radius 1 is 1.47 bits per heavy atom. The fourth-order valence-corrected chi connectivity index (χ4v) is 1.65. The average molecular weight is 269 g/mol. The van der Waals surface area contributed by atoms with Crippen LogP contribution in [0, 0.1) is 11.7 Å². The highest BCUT2D eigenvalue weighted by Gasteiger charge is 2.21. The van der Waals surface area contributed by atoms with E-state index in [2.05, 4.69) is 4.74 Å². The second-order valence-corrected chi connectivity index (χ2v) is 4.27. The maximum Gasteiger partial charge on any atom is 0.310 e. The van der Waals surface area contributed by atoms with Crippen LogP contribution in [0.1, 0.15) is 17.3 Å². The summed E-state index contributed by atoms with van der Waals surface area (Å²) >= 11 is 0. The number of phenolic OH excluding ortho intramolecular Hbond substituents is 1. The van der Waals surface area contributed by atoms with Crippen LogP contribution >= 0.6 is 0 Å². The molecule has 0 spiro atoms. The Morgan fingerprint density at radius 3 is 2.68 bits per heavy atom. The average Bonchev–Trinajstić information content (AvgIpc) is 2.39. The van der Waals surface area contributed by atoms with Gasteiger partial charge in [-0.3, -0.25) is 9.59 Å². The van der Waals surface area contributed by atoms with E-state index < -0.39 is 23.6 Å². The quantitative estimate of drug-likeness (QED) is 0.839. The summed E-state index contributed by atoms with van der Waals surface area (Å²) in [5, 5.41) is 9.54. The summed E-state index contributed by atoms with van der Waals surface area (Å²) < 4.78 is 17.6. The van der Waals surface area contributed by atoms with Gasteiger partial charge in [0, 0.05) is 13.6 Å². The van der Waals surface area contributed by atoms with Gasteiger partial charge in [-0.25, -0.2) is 4.39 Å². The minimum Gasteiger partial charge on any atom is -0.507 e. The van der Waals surface area contributed by atoms with E-state index in [1.807, 2.05) is 0 Å². The van der Waals surface area contributed by atoms with Crippen LogP contribution in [0.15, 0.2) is 18.2 Å². The van der Waals surface area contributed by atoms with Crippen LogP contribution in [0.3, 0.4) is 0 Å². The first-order valence-corrected chi connectivity index (χ1v) is 5.68. The third kappa shape index (κ3) is 3.67. The molecule has 0 fully saturated rings. The molecular formula is C13H16FNO4. The predicted octanol–water partition coefficient (Wildman–Crippen LogP) is 1.41. The van der Waals surface area contributed by atoms with Gasteiger partial charge in [0.1, 0.15) is 11.6 Å². The number of rotatable bonds is 4. The summed E-state index contributed by atoms with van der Waals surface area (Å²) in [4.78, 5) is 24.5. The van der Waals surface area contributed by atoms with Gasteiger partial charge in [-0.1, -0.05) is 6.92 Å². The number of amides is 1. The lowest BCUT2D eigenvalue weighted by Gasteiger charge is -2.20. The molecule has 19 heavy (non-hydrogen) atoms. The van der Waals surface area contributed by atoms with Gasteiger partial charge in [-0.05, 0) is 18.2 Å². The Bertz CT molecular complexity index is 490. The Kier molecular flexibility index (Phi) is 4.86. The molecule has 0 aliphatic heterocycles. The fourth-order valence-electron chi connectivity index (χ4n) is 1.65. The second-order valence-electron chi connectivity index (χ2n) is 4.27. The lowest BCUT2D eigenvalue weighted by molar-refractivity contribution is -0.145. The van der Waals surface area contributed by atoms with Crippen molar-refractivity contribution in [1.82, 2.24) is 4.90 Å². The molecule has 1 rings (SSSR count). The lowest BCUT2D eigenvalue weighted by Crippen LogP contribution is -2.34. The van der Waals surface area contributed by atoms with Crippen molar-refractivity contribution >= 4 is 11.9 Å². The predicted molar refractivity (Wildman–Crippen MR) is 66.2 cm³/mol. The zero-order valence-corrected chi connectivity index (χ0v) is 11.0. The minimum atomic E-state index is -0.615. The molecule has 0 aromatic heterocycles. The molecule has 104 valence electrons. The molecule has 1 aromatic carbocycles. The van der Waals surface area contributed by atoms with E-state index in [1.54, 1.807) is 6.92 Å². The third-order valence-corrected chi connectivity index (χ3v) is 2.69. The molecule has 0 saturated heterocycles. The number of benzene rings is 1. The Hall–Kier alpha value is -2.11. The summed E-state index contributed by atoms with van der Waals surface area (Å²) in [7, 11) is 2.73. The maximum absolute atomic E-state index is 13.1. The number of ether oxygens (including phenoxy) is 1. The lowest BCUT2D eigenvalue weighted by atomic mass is 10.1. The molecule has 0 saturated carbocycles. The zero-order chi connectivity index (χ0) is 14.6. The highest BCUT2D eigenvalue weighted by atomic mass is 19.1. The van der Waals surface area contributed by atoms with Crippen molar-refractivity contribution in [3.63, 3.8) is 0 Å². The van der Waals surface area contributed by atoms with Crippen LogP contribution in [-0.4, -0.2) is 42.6 Å². The molecule has 6 heteroatoms. The SMILES string of the molecule is COC(=O)C(C)CN(C)C(=O)c1cc(F)ccc1O. The number of aromatic hydroxyl groups is 1. The number of phenols is 1. The maximum atomic E-state index is 13.1. The number of hydrogen-bond donors (Lipinski definition) is 1. The van der Waals surface area contributed by atoms with E-state index in [-0.39, 0.29) is 17.9 Å². The number of carbonyl (C=O) groups is 2.